The Bertz CT molecular complexity index is 497. The number of carbonyl (C=O) groups excluding carboxylic acids is 1. The van der Waals surface area contributed by atoms with Crippen molar-refractivity contribution in [1.29, 1.82) is 0 Å². The highest BCUT2D eigenvalue weighted by Gasteiger charge is 2.65. The third-order valence-corrected chi connectivity index (χ3v) is 4.67. The van der Waals surface area contributed by atoms with Crippen molar-refractivity contribution in [3.8, 4) is 0 Å². The van der Waals surface area contributed by atoms with E-state index >= 15 is 0 Å². The normalized spacial score (nSPS) is 24.6. The molecule has 18 heavy (non-hydrogen) atoms. The fourth-order valence-electron chi connectivity index (χ4n) is 2.32. The highest BCUT2D eigenvalue weighted by atomic mass is 35.5. The molecule has 2 atom stereocenters. The van der Waals surface area contributed by atoms with Crippen molar-refractivity contribution in [1.82, 2.24) is 5.32 Å². The number of nitrogens with one attached hydrogen (secondary N) is 1. The lowest BCUT2D eigenvalue weighted by Crippen LogP contribution is -2.26. The van der Waals surface area contributed by atoms with Crippen LogP contribution in [0.2, 0.25) is 4.34 Å². The van der Waals surface area contributed by atoms with E-state index in [1.54, 1.807) is 19.9 Å². The molecule has 2 N–H and O–H groups in total. The quantitative estimate of drug-likeness (QED) is 0.893. The predicted molar refractivity (Wildman–Crippen MR) is 69.6 cm³/mol. The fraction of sp³-hybridized carbons (Fsp3) is 0.500. The van der Waals surface area contributed by atoms with Crippen molar-refractivity contribution in [3.63, 3.8) is 0 Å². The number of halogens is 1. The summed E-state index contributed by atoms with van der Waals surface area (Å²) in [7, 11) is 0. The Labute approximate surface area is 114 Å². The van der Waals surface area contributed by atoms with Crippen molar-refractivity contribution < 1.29 is 14.7 Å². The molecule has 1 saturated carbocycles. The number of carboxylic acids is 1. The second-order valence-electron chi connectivity index (χ2n) is 5.04. The van der Waals surface area contributed by atoms with Crippen LogP contribution in [0.1, 0.15) is 18.7 Å². The van der Waals surface area contributed by atoms with Gasteiger partial charge in [-0.2, -0.15) is 0 Å². The summed E-state index contributed by atoms with van der Waals surface area (Å²) in [4.78, 5) is 23.8. The van der Waals surface area contributed by atoms with Gasteiger partial charge in [0.05, 0.1) is 22.7 Å². The molecule has 1 aliphatic rings. The summed E-state index contributed by atoms with van der Waals surface area (Å²) in [5.74, 6) is -2.12. The Balaban J connectivity index is 1.92. The Hall–Kier alpha value is -1.07. The van der Waals surface area contributed by atoms with Crippen molar-refractivity contribution in [3.05, 3.63) is 21.3 Å². The summed E-state index contributed by atoms with van der Waals surface area (Å²) in [5.41, 5.74) is -0.455. The molecule has 1 amide bonds. The number of thiophene rings is 1. The van der Waals surface area contributed by atoms with E-state index in [0.29, 0.717) is 10.9 Å². The van der Waals surface area contributed by atoms with E-state index < -0.39 is 23.2 Å². The van der Waals surface area contributed by atoms with Gasteiger partial charge in [-0.25, -0.2) is 0 Å². The van der Waals surface area contributed by atoms with E-state index in [2.05, 4.69) is 5.32 Å². The van der Waals surface area contributed by atoms with Crippen LogP contribution in [0.15, 0.2) is 12.1 Å². The average Bonchev–Trinajstić information content (AvgIpc) is 2.63. The minimum Gasteiger partial charge on any atom is -0.481 e. The zero-order valence-corrected chi connectivity index (χ0v) is 11.6. The zero-order chi connectivity index (χ0) is 13.5. The Morgan fingerprint density at radius 3 is 2.56 bits per heavy atom. The molecule has 1 aliphatic carbocycles. The minimum atomic E-state index is -0.903. The maximum atomic E-state index is 11.9. The molecule has 1 aromatic rings. The second kappa shape index (κ2) is 4.55. The second-order valence-corrected chi connectivity index (χ2v) is 6.84. The van der Waals surface area contributed by atoms with Crippen LogP contribution in [0.5, 0.6) is 0 Å². The summed E-state index contributed by atoms with van der Waals surface area (Å²) in [5, 5.41) is 11.8. The lowest BCUT2D eigenvalue weighted by atomic mass is 10.1. The molecule has 98 valence electrons. The Morgan fingerprint density at radius 2 is 2.11 bits per heavy atom. The van der Waals surface area contributed by atoms with Crippen LogP contribution in [0, 0.1) is 17.3 Å². The van der Waals surface area contributed by atoms with Gasteiger partial charge in [0, 0.05) is 4.88 Å². The topological polar surface area (TPSA) is 66.4 Å². The standard InChI is InChI=1S/C12H14ClNO3S/c1-12(2)8(9(12)11(16)17)10(15)14-5-6-3-4-7(13)18-6/h3-4,8-9H,5H2,1-2H3,(H,14,15)(H,16,17)/t8-,9+/m1/s1. The molecule has 0 saturated heterocycles. The molecule has 1 heterocycles. The average molecular weight is 288 g/mol. The summed E-state index contributed by atoms with van der Waals surface area (Å²) in [6, 6.07) is 3.62. The number of carbonyl (C=O) groups is 2. The molecule has 4 nitrogen and oxygen atoms in total. The van der Waals surface area contributed by atoms with Crippen LogP contribution in [-0.2, 0) is 16.1 Å². The molecule has 6 heteroatoms. The van der Waals surface area contributed by atoms with Gasteiger partial charge in [-0.1, -0.05) is 25.4 Å². The predicted octanol–water partition coefficient (Wildman–Crippen LogP) is 2.37. The maximum Gasteiger partial charge on any atom is 0.307 e. The lowest BCUT2D eigenvalue weighted by Gasteiger charge is -2.04. The number of amides is 1. The van der Waals surface area contributed by atoms with Crippen LogP contribution in [0.25, 0.3) is 0 Å². The molecule has 0 spiro atoms. The van der Waals surface area contributed by atoms with Gasteiger partial charge in [0.15, 0.2) is 0 Å². The number of hydrogen-bond acceptors (Lipinski definition) is 3. The monoisotopic (exact) mass is 287 g/mol. The van der Waals surface area contributed by atoms with E-state index in [0.717, 1.165) is 4.88 Å². The van der Waals surface area contributed by atoms with Gasteiger partial charge in [-0.3, -0.25) is 9.59 Å². The first-order chi connectivity index (χ1) is 8.34. The first-order valence-corrected chi connectivity index (χ1v) is 6.78. The number of aliphatic carboxylic acids is 1. The van der Waals surface area contributed by atoms with Gasteiger partial charge in [0.1, 0.15) is 0 Å². The van der Waals surface area contributed by atoms with E-state index in [9.17, 15) is 9.59 Å². The zero-order valence-electron chi connectivity index (χ0n) is 10.1. The molecule has 1 aromatic heterocycles. The number of carboxylic acid groups (broad SMARTS) is 1. The van der Waals surface area contributed by atoms with Crippen LogP contribution >= 0.6 is 22.9 Å². The SMILES string of the molecule is CC1(C)[C@H](C(=O)O)[C@@H]1C(=O)NCc1ccc(Cl)s1. The molecule has 0 unspecified atom stereocenters. The summed E-state index contributed by atoms with van der Waals surface area (Å²) in [6.07, 6.45) is 0. The summed E-state index contributed by atoms with van der Waals surface area (Å²) in [6.45, 7) is 4.01. The van der Waals surface area contributed by atoms with E-state index in [4.69, 9.17) is 16.7 Å². The highest BCUT2D eigenvalue weighted by Crippen LogP contribution is 2.58. The number of hydrogen-bond donors (Lipinski definition) is 2. The third kappa shape index (κ3) is 2.37. The molecule has 0 radical (unpaired) electrons. The summed E-state index contributed by atoms with van der Waals surface area (Å²) >= 11 is 7.19. The van der Waals surface area contributed by atoms with Gasteiger partial charge >= 0.3 is 5.97 Å². The van der Waals surface area contributed by atoms with E-state index in [1.165, 1.54) is 11.3 Å². The largest absolute Gasteiger partial charge is 0.481 e. The van der Waals surface area contributed by atoms with Crippen LogP contribution < -0.4 is 5.32 Å². The van der Waals surface area contributed by atoms with E-state index in [-0.39, 0.29) is 5.91 Å². The van der Waals surface area contributed by atoms with Crippen LogP contribution in [0.3, 0.4) is 0 Å². The fourth-order valence-corrected chi connectivity index (χ4v) is 3.35. The van der Waals surface area contributed by atoms with Gasteiger partial charge in [-0.05, 0) is 17.5 Å². The minimum absolute atomic E-state index is 0.197. The third-order valence-electron chi connectivity index (χ3n) is 3.44. The smallest absolute Gasteiger partial charge is 0.307 e. The molecule has 0 aliphatic heterocycles. The van der Waals surface area contributed by atoms with Crippen molar-refractivity contribution in [2.45, 2.75) is 20.4 Å². The Kier molecular flexibility index (Phi) is 3.38. The van der Waals surface area contributed by atoms with Crippen LogP contribution in [-0.4, -0.2) is 17.0 Å². The first-order valence-electron chi connectivity index (χ1n) is 5.58. The van der Waals surface area contributed by atoms with Gasteiger partial charge in [0.25, 0.3) is 0 Å². The lowest BCUT2D eigenvalue weighted by molar-refractivity contribution is -0.140. The molecule has 1 fully saturated rings. The van der Waals surface area contributed by atoms with Gasteiger partial charge < -0.3 is 10.4 Å². The van der Waals surface area contributed by atoms with Crippen LogP contribution in [0.4, 0.5) is 0 Å². The van der Waals surface area contributed by atoms with Gasteiger partial charge in [-0.15, -0.1) is 11.3 Å². The van der Waals surface area contributed by atoms with Crippen molar-refractivity contribution in [2.24, 2.45) is 17.3 Å². The maximum absolute atomic E-state index is 11.9. The molecule has 2 rings (SSSR count). The van der Waals surface area contributed by atoms with Crippen molar-refractivity contribution in [2.75, 3.05) is 0 Å². The number of rotatable bonds is 4. The van der Waals surface area contributed by atoms with E-state index in [1.807, 2.05) is 6.07 Å². The summed E-state index contributed by atoms with van der Waals surface area (Å²) < 4.78 is 0.675. The molecular formula is C12H14ClNO3S. The molecular weight excluding hydrogens is 274 g/mol. The Morgan fingerprint density at radius 1 is 1.44 bits per heavy atom. The molecule has 0 bridgehead atoms. The highest BCUT2D eigenvalue weighted by molar-refractivity contribution is 7.16. The molecule has 0 aromatic carbocycles. The van der Waals surface area contributed by atoms with Gasteiger partial charge in [0.2, 0.25) is 5.91 Å². The van der Waals surface area contributed by atoms with Crippen molar-refractivity contribution >= 4 is 34.8 Å². The first kappa shape index (κ1) is 13.4.